The molecule has 0 unspecified atom stereocenters. The summed E-state index contributed by atoms with van der Waals surface area (Å²) in [6, 6.07) is 18.3. The molecular formula is C19H17BrO2. The minimum atomic E-state index is 0.536. The highest BCUT2D eigenvalue weighted by molar-refractivity contribution is 9.10. The number of halogens is 1. The van der Waals surface area contributed by atoms with E-state index in [2.05, 4.69) is 41.1 Å². The molecule has 0 radical (unpaired) electrons. The Morgan fingerprint density at radius 1 is 0.955 bits per heavy atom. The van der Waals surface area contributed by atoms with Crippen LogP contribution in [-0.2, 0) is 6.61 Å². The Morgan fingerprint density at radius 2 is 1.73 bits per heavy atom. The van der Waals surface area contributed by atoms with E-state index in [-0.39, 0.29) is 0 Å². The fourth-order valence-corrected chi connectivity index (χ4v) is 2.98. The van der Waals surface area contributed by atoms with E-state index >= 15 is 0 Å². The van der Waals surface area contributed by atoms with Crippen LogP contribution in [0.2, 0.25) is 0 Å². The first-order chi connectivity index (χ1) is 10.7. The van der Waals surface area contributed by atoms with E-state index in [0.717, 1.165) is 37.9 Å². The minimum Gasteiger partial charge on any atom is -0.496 e. The molecular weight excluding hydrogens is 340 g/mol. The molecule has 0 saturated carbocycles. The van der Waals surface area contributed by atoms with Gasteiger partial charge in [-0.25, -0.2) is 0 Å². The van der Waals surface area contributed by atoms with Crippen LogP contribution < -0.4 is 9.47 Å². The quantitative estimate of drug-likeness (QED) is 0.614. The predicted molar refractivity (Wildman–Crippen MR) is 93.7 cm³/mol. The van der Waals surface area contributed by atoms with Crippen LogP contribution in [0.1, 0.15) is 11.1 Å². The SMILES string of the molecule is COc1cc(C)cc2c(Br)ccc(OCc3ccccc3)c12. The molecule has 0 bridgehead atoms. The van der Waals surface area contributed by atoms with Gasteiger partial charge in [0.1, 0.15) is 18.1 Å². The van der Waals surface area contributed by atoms with Gasteiger partial charge < -0.3 is 9.47 Å². The standard InChI is InChI=1S/C19H17BrO2/c1-13-10-15-16(20)8-9-17(19(15)18(11-13)21-2)22-12-14-6-4-3-5-7-14/h3-11H,12H2,1-2H3. The third-order valence-corrected chi connectivity index (χ3v) is 4.28. The molecule has 22 heavy (non-hydrogen) atoms. The van der Waals surface area contributed by atoms with Crippen LogP contribution in [0.15, 0.2) is 59.1 Å². The summed E-state index contributed by atoms with van der Waals surface area (Å²) in [5.41, 5.74) is 2.30. The second kappa shape index (κ2) is 6.41. The van der Waals surface area contributed by atoms with Crippen LogP contribution in [0, 0.1) is 6.92 Å². The Labute approximate surface area is 138 Å². The summed E-state index contributed by atoms with van der Waals surface area (Å²) in [5, 5.41) is 2.10. The number of rotatable bonds is 4. The first kappa shape index (κ1) is 14.9. The molecule has 112 valence electrons. The zero-order valence-corrected chi connectivity index (χ0v) is 14.2. The van der Waals surface area contributed by atoms with Gasteiger partial charge in [-0.15, -0.1) is 0 Å². The Morgan fingerprint density at radius 3 is 2.45 bits per heavy atom. The van der Waals surface area contributed by atoms with Crippen LogP contribution in [0.3, 0.4) is 0 Å². The summed E-state index contributed by atoms with van der Waals surface area (Å²) in [7, 11) is 1.69. The molecule has 3 rings (SSSR count). The molecule has 0 atom stereocenters. The lowest BCUT2D eigenvalue weighted by Gasteiger charge is -2.14. The lowest BCUT2D eigenvalue weighted by molar-refractivity contribution is 0.308. The average molecular weight is 357 g/mol. The monoisotopic (exact) mass is 356 g/mol. The van der Waals surface area contributed by atoms with E-state index in [1.165, 1.54) is 0 Å². The zero-order chi connectivity index (χ0) is 15.5. The van der Waals surface area contributed by atoms with Crippen molar-refractivity contribution < 1.29 is 9.47 Å². The van der Waals surface area contributed by atoms with Crippen molar-refractivity contribution in [1.29, 1.82) is 0 Å². The van der Waals surface area contributed by atoms with E-state index in [9.17, 15) is 0 Å². The highest BCUT2D eigenvalue weighted by atomic mass is 79.9. The number of fused-ring (bicyclic) bond motifs is 1. The molecule has 0 amide bonds. The minimum absolute atomic E-state index is 0.536. The van der Waals surface area contributed by atoms with Gasteiger partial charge in [-0.2, -0.15) is 0 Å². The summed E-state index contributed by atoms with van der Waals surface area (Å²) in [4.78, 5) is 0. The second-order valence-electron chi connectivity index (χ2n) is 5.21. The Kier molecular flexibility index (Phi) is 4.34. The fourth-order valence-electron chi connectivity index (χ4n) is 2.53. The number of ether oxygens (including phenoxy) is 2. The number of methoxy groups -OCH3 is 1. The van der Waals surface area contributed by atoms with Crippen molar-refractivity contribution in [2.45, 2.75) is 13.5 Å². The topological polar surface area (TPSA) is 18.5 Å². The van der Waals surface area contributed by atoms with Gasteiger partial charge in [0.15, 0.2) is 0 Å². The zero-order valence-electron chi connectivity index (χ0n) is 12.6. The summed E-state index contributed by atoms with van der Waals surface area (Å²) < 4.78 is 12.6. The van der Waals surface area contributed by atoms with E-state index in [4.69, 9.17) is 9.47 Å². The smallest absolute Gasteiger partial charge is 0.131 e. The van der Waals surface area contributed by atoms with Crippen molar-refractivity contribution in [3.05, 3.63) is 70.2 Å². The van der Waals surface area contributed by atoms with Gasteiger partial charge >= 0.3 is 0 Å². The number of benzene rings is 3. The largest absolute Gasteiger partial charge is 0.496 e. The van der Waals surface area contributed by atoms with Gasteiger partial charge in [-0.3, -0.25) is 0 Å². The van der Waals surface area contributed by atoms with Gasteiger partial charge in [-0.1, -0.05) is 46.3 Å². The maximum absolute atomic E-state index is 6.04. The van der Waals surface area contributed by atoms with Gasteiger partial charge in [0, 0.05) is 9.86 Å². The summed E-state index contributed by atoms with van der Waals surface area (Å²) in [6.45, 7) is 2.60. The molecule has 3 heteroatoms. The van der Waals surface area contributed by atoms with Gasteiger partial charge in [0.25, 0.3) is 0 Å². The first-order valence-electron chi connectivity index (χ1n) is 7.12. The molecule has 0 aliphatic heterocycles. The van der Waals surface area contributed by atoms with E-state index in [1.54, 1.807) is 7.11 Å². The van der Waals surface area contributed by atoms with Crippen LogP contribution in [-0.4, -0.2) is 7.11 Å². The molecule has 0 spiro atoms. The fraction of sp³-hybridized carbons (Fsp3) is 0.158. The number of hydrogen-bond acceptors (Lipinski definition) is 2. The van der Waals surface area contributed by atoms with Crippen LogP contribution >= 0.6 is 15.9 Å². The molecule has 0 N–H and O–H groups in total. The van der Waals surface area contributed by atoms with Crippen molar-refractivity contribution in [2.75, 3.05) is 7.11 Å². The molecule has 0 heterocycles. The highest BCUT2D eigenvalue weighted by Gasteiger charge is 2.12. The van der Waals surface area contributed by atoms with Crippen molar-refractivity contribution in [2.24, 2.45) is 0 Å². The maximum Gasteiger partial charge on any atom is 0.131 e. The van der Waals surface area contributed by atoms with Crippen molar-refractivity contribution in [3.63, 3.8) is 0 Å². The van der Waals surface area contributed by atoms with E-state index in [0.29, 0.717) is 6.61 Å². The predicted octanol–water partition coefficient (Wildman–Crippen LogP) is 5.50. The van der Waals surface area contributed by atoms with E-state index in [1.807, 2.05) is 36.4 Å². The first-order valence-corrected chi connectivity index (χ1v) is 7.92. The Hall–Kier alpha value is -2.00. The normalized spacial score (nSPS) is 10.7. The van der Waals surface area contributed by atoms with E-state index < -0.39 is 0 Å². The molecule has 0 aliphatic carbocycles. The molecule has 0 aromatic heterocycles. The average Bonchev–Trinajstić information content (AvgIpc) is 2.55. The maximum atomic E-state index is 6.04. The van der Waals surface area contributed by atoms with Crippen molar-refractivity contribution in [1.82, 2.24) is 0 Å². The highest BCUT2D eigenvalue weighted by Crippen LogP contribution is 2.39. The molecule has 2 nitrogen and oxygen atoms in total. The van der Waals surface area contributed by atoms with Crippen LogP contribution in [0.5, 0.6) is 11.5 Å². The summed E-state index contributed by atoms with van der Waals surface area (Å²) in [6.07, 6.45) is 0. The molecule has 0 fully saturated rings. The van der Waals surface area contributed by atoms with Gasteiger partial charge in [-0.05, 0) is 42.3 Å². The Bertz CT molecular complexity index is 797. The van der Waals surface area contributed by atoms with Crippen LogP contribution in [0.4, 0.5) is 0 Å². The lowest BCUT2D eigenvalue weighted by atomic mass is 10.1. The number of aryl methyl sites for hydroxylation is 1. The third-order valence-electron chi connectivity index (χ3n) is 3.59. The third kappa shape index (κ3) is 2.95. The molecule has 0 saturated heterocycles. The van der Waals surface area contributed by atoms with Crippen molar-refractivity contribution in [3.8, 4) is 11.5 Å². The number of hydrogen-bond donors (Lipinski definition) is 0. The van der Waals surface area contributed by atoms with Gasteiger partial charge in [0.2, 0.25) is 0 Å². The van der Waals surface area contributed by atoms with Crippen LogP contribution in [0.25, 0.3) is 10.8 Å². The summed E-state index contributed by atoms with van der Waals surface area (Å²) >= 11 is 3.61. The lowest BCUT2D eigenvalue weighted by Crippen LogP contribution is -1.97. The molecule has 3 aromatic carbocycles. The van der Waals surface area contributed by atoms with Crippen molar-refractivity contribution >= 4 is 26.7 Å². The summed E-state index contributed by atoms with van der Waals surface area (Å²) in [5.74, 6) is 1.67. The van der Waals surface area contributed by atoms with Gasteiger partial charge in [0.05, 0.1) is 12.5 Å². The molecule has 3 aromatic rings. The Balaban J connectivity index is 2.04. The second-order valence-corrected chi connectivity index (χ2v) is 6.06. The molecule has 0 aliphatic rings.